The SMILES string of the molecule is C=C(c1cc(C(C)(C)O)c(OC)c(-c2cc(C)c(F)cc2F)n1)C1CC1. The van der Waals surface area contributed by atoms with Crippen LogP contribution in [0.1, 0.15) is 43.5 Å². The van der Waals surface area contributed by atoms with Gasteiger partial charge in [-0.25, -0.2) is 13.8 Å². The summed E-state index contributed by atoms with van der Waals surface area (Å²) >= 11 is 0. The number of aliphatic hydroxyl groups is 1. The number of allylic oxidation sites excluding steroid dienone is 1. The van der Waals surface area contributed by atoms with Crippen molar-refractivity contribution in [2.24, 2.45) is 5.92 Å². The van der Waals surface area contributed by atoms with Crippen LogP contribution in [0.15, 0.2) is 24.8 Å². The van der Waals surface area contributed by atoms with E-state index in [1.165, 1.54) is 13.2 Å². The molecule has 3 nitrogen and oxygen atoms in total. The molecule has 1 fully saturated rings. The lowest BCUT2D eigenvalue weighted by molar-refractivity contribution is 0.0755. The highest BCUT2D eigenvalue weighted by atomic mass is 19.1. The Morgan fingerprint density at radius 3 is 2.42 bits per heavy atom. The Bertz CT molecular complexity index is 881. The van der Waals surface area contributed by atoms with Crippen molar-refractivity contribution >= 4 is 5.57 Å². The van der Waals surface area contributed by atoms with E-state index in [2.05, 4.69) is 11.6 Å². The van der Waals surface area contributed by atoms with Gasteiger partial charge in [-0.3, -0.25) is 0 Å². The summed E-state index contributed by atoms with van der Waals surface area (Å²) in [4.78, 5) is 4.58. The average Bonchev–Trinajstić information content (AvgIpc) is 3.40. The summed E-state index contributed by atoms with van der Waals surface area (Å²) in [5.74, 6) is -0.714. The maximum Gasteiger partial charge on any atom is 0.151 e. The number of aryl methyl sites for hydroxylation is 1. The van der Waals surface area contributed by atoms with Gasteiger partial charge in [0.1, 0.15) is 17.3 Å². The van der Waals surface area contributed by atoms with E-state index in [9.17, 15) is 13.9 Å². The Morgan fingerprint density at radius 1 is 1.23 bits per heavy atom. The first-order valence-electron chi connectivity index (χ1n) is 8.60. The van der Waals surface area contributed by atoms with Crippen LogP contribution in [0.3, 0.4) is 0 Å². The van der Waals surface area contributed by atoms with Gasteiger partial charge < -0.3 is 9.84 Å². The van der Waals surface area contributed by atoms with Gasteiger partial charge in [0.15, 0.2) is 5.75 Å². The number of halogens is 2. The number of benzene rings is 1. The molecular formula is C21H23F2NO2. The van der Waals surface area contributed by atoms with Crippen molar-refractivity contribution in [1.82, 2.24) is 4.98 Å². The van der Waals surface area contributed by atoms with Gasteiger partial charge in [0.05, 0.1) is 18.4 Å². The average molecular weight is 359 g/mol. The molecule has 0 unspecified atom stereocenters. The summed E-state index contributed by atoms with van der Waals surface area (Å²) in [6.45, 7) is 8.94. The Kier molecular flexibility index (Phi) is 4.61. The van der Waals surface area contributed by atoms with E-state index >= 15 is 0 Å². The second-order valence-electron chi connectivity index (χ2n) is 7.38. The number of methoxy groups -OCH3 is 1. The number of ether oxygens (including phenoxy) is 1. The highest BCUT2D eigenvalue weighted by molar-refractivity contribution is 5.75. The summed E-state index contributed by atoms with van der Waals surface area (Å²) in [6, 6.07) is 4.00. The molecular weight excluding hydrogens is 336 g/mol. The van der Waals surface area contributed by atoms with E-state index < -0.39 is 17.2 Å². The smallest absolute Gasteiger partial charge is 0.151 e. The van der Waals surface area contributed by atoms with Gasteiger partial charge in [0.25, 0.3) is 0 Å². The fraction of sp³-hybridized carbons (Fsp3) is 0.381. The molecule has 2 aromatic rings. The Labute approximate surface area is 152 Å². The zero-order valence-electron chi connectivity index (χ0n) is 15.5. The fourth-order valence-corrected chi connectivity index (χ4v) is 3.02. The summed E-state index contributed by atoms with van der Waals surface area (Å²) in [7, 11) is 1.44. The Balaban J connectivity index is 2.30. The first-order valence-corrected chi connectivity index (χ1v) is 8.60. The van der Waals surface area contributed by atoms with E-state index in [1.807, 2.05) is 0 Å². The third-order valence-corrected chi connectivity index (χ3v) is 4.74. The second-order valence-corrected chi connectivity index (χ2v) is 7.38. The van der Waals surface area contributed by atoms with Gasteiger partial charge in [-0.15, -0.1) is 0 Å². The third kappa shape index (κ3) is 3.36. The minimum atomic E-state index is -1.23. The molecule has 0 amide bonds. The van der Waals surface area contributed by atoms with Gasteiger partial charge in [-0.05, 0) is 62.8 Å². The first kappa shape index (κ1) is 18.5. The fourth-order valence-electron chi connectivity index (χ4n) is 3.02. The molecule has 1 aromatic heterocycles. The van der Waals surface area contributed by atoms with Gasteiger partial charge in [0.2, 0.25) is 0 Å². The number of pyridine rings is 1. The van der Waals surface area contributed by atoms with Crippen molar-refractivity contribution in [2.75, 3.05) is 7.11 Å². The van der Waals surface area contributed by atoms with Crippen molar-refractivity contribution in [3.63, 3.8) is 0 Å². The quantitative estimate of drug-likeness (QED) is 0.817. The van der Waals surface area contributed by atoms with Crippen LogP contribution in [0.25, 0.3) is 16.8 Å². The predicted molar refractivity (Wildman–Crippen MR) is 97.9 cm³/mol. The number of hydrogen-bond donors (Lipinski definition) is 1. The molecule has 1 aromatic carbocycles. The maximum atomic E-state index is 14.5. The van der Waals surface area contributed by atoms with Crippen molar-refractivity contribution in [3.8, 4) is 17.0 Å². The lowest BCUT2D eigenvalue weighted by Gasteiger charge is -2.24. The number of nitrogens with zero attached hydrogens (tertiary/aromatic N) is 1. The first-order chi connectivity index (χ1) is 12.1. The summed E-state index contributed by atoms with van der Waals surface area (Å²) in [5.41, 5.74) is 1.40. The lowest BCUT2D eigenvalue weighted by Crippen LogP contribution is -2.18. The monoisotopic (exact) mass is 359 g/mol. The second kappa shape index (κ2) is 6.47. The summed E-state index contributed by atoms with van der Waals surface area (Å²) < 4.78 is 33.7. The van der Waals surface area contributed by atoms with Crippen LogP contribution in [0.5, 0.6) is 5.75 Å². The van der Waals surface area contributed by atoms with Crippen LogP contribution < -0.4 is 4.74 Å². The van der Waals surface area contributed by atoms with Crippen LogP contribution in [0.2, 0.25) is 0 Å². The molecule has 0 radical (unpaired) electrons. The number of aromatic nitrogens is 1. The van der Waals surface area contributed by atoms with E-state index in [0.29, 0.717) is 22.7 Å². The normalized spacial score (nSPS) is 14.4. The molecule has 26 heavy (non-hydrogen) atoms. The van der Waals surface area contributed by atoms with Gasteiger partial charge in [-0.2, -0.15) is 0 Å². The van der Waals surface area contributed by atoms with Crippen LogP contribution in [0.4, 0.5) is 8.78 Å². The van der Waals surface area contributed by atoms with Crippen LogP contribution >= 0.6 is 0 Å². The third-order valence-electron chi connectivity index (χ3n) is 4.74. The van der Waals surface area contributed by atoms with Crippen molar-refractivity contribution in [1.29, 1.82) is 0 Å². The molecule has 3 rings (SSSR count). The van der Waals surface area contributed by atoms with Gasteiger partial charge in [0, 0.05) is 17.2 Å². The molecule has 5 heteroatoms. The summed E-state index contributed by atoms with van der Waals surface area (Å²) in [6.07, 6.45) is 2.09. The van der Waals surface area contributed by atoms with Crippen LogP contribution in [-0.2, 0) is 5.60 Å². The maximum absolute atomic E-state index is 14.5. The van der Waals surface area contributed by atoms with Crippen LogP contribution in [0, 0.1) is 24.5 Å². The number of rotatable bonds is 5. The van der Waals surface area contributed by atoms with Crippen LogP contribution in [-0.4, -0.2) is 17.2 Å². The molecule has 1 N–H and O–H groups in total. The van der Waals surface area contributed by atoms with Crippen molar-refractivity contribution in [3.05, 3.63) is 53.2 Å². The van der Waals surface area contributed by atoms with Gasteiger partial charge in [-0.1, -0.05) is 6.58 Å². The minimum absolute atomic E-state index is 0.136. The topological polar surface area (TPSA) is 42.4 Å². The molecule has 0 saturated heterocycles. The lowest BCUT2D eigenvalue weighted by atomic mass is 9.92. The minimum Gasteiger partial charge on any atom is -0.494 e. The van der Waals surface area contributed by atoms with E-state index in [-0.39, 0.29) is 17.0 Å². The van der Waals surface area contributed by atoms with Crippen molar-refractivity contribution in [2.45, 2.75) is 39.2 Å². The molecule has 0 bridgehead atoms. The Morgan fingerprint density at radius 2 is 1.88 bits per heavy atom. The molecule has 0 aliphatic heterocycles. The van der Waals surface area contributed by atoms with Crippen molar-refractivity contribution < 1.29 is 18.6 Å². The molecule has 138 valence electrons. The summed E-state index contributed by atoms with van der Waals surface area (Å²) in [5, 5.41) is 10.6. The number of hydrogen-bond acceptors (Lipinski definition) is 3. The molecule has 0 atom stereocenters. The predicted octanol–water partition coefficient (Wildman–Crippen LogP) is 4.99. The molecule has 1 saturated carbocycles. The van der Waals surface area contributed by atoms with Gasteiger partial charge >= 0.3 is 0 Å². The largest absolute Gasteiger partial charge is 0.494 e. The zero-order chi connectivity index (χ0) is 19.2. The van der Waals surface area contributed by atoms with E-state index in [0.717, 1.165) is 24.5 Å². The molecule has 1 heterocycles. The molecule has 1 aliphatic carbocycles. The molecule has 1 aliphatic rings. The van der Waals surface area contributed by atoms with E-state index in [1.54, 1.807) is 26.8 Å². The zero-order valence-corrected chi connectivity index (χ0v) is 15.5. The van der Waals surface area contributed by atoms with E-state index in [4.69, 9.17) is 4.74 Å². The molecule has 0 spiro atoms. The standard InChI is InChI=1S/C21H23F2NO2/c1-11-8-14(17(23)10-16(11)22)19-20(26-5)15(21(3,4)25)9-18(24-19)12(2)13-6-7-13/h8-10,13,25H,2,6-7H2,1,3-5H3. The Hall–Kier alpha value is -2.27. The highest BCUT2D eigenvalue weighted by Crippen LogP contribution is 2.44. The highest BCUT2D eigenvalue weighted by Gasteiger charge is 2.31.